The molecule has 0 saturated heterocycles. The largest absolute Gasteiger partial charge is 0.460 e. The molecule has 8 heteroatoms. The first-order chi connectivity index (χ1) is 9.38. The van der Waals surface area contributed by atoms with Gasteiger partial charge in [-0.3, -0.25) is 0 Å². The van der Waals surface area contributed by atoms with Crippen LogP contribution in [0, 0.1) is 6.92 Å². The summed E-state index contributed by atoms with van der Waals surface area (Å²) >= 11 is 11.5. The van der Waals surface area contributed by atoms with E-state index in [1.54, 1.807) is 19.1 Å². The number of halogens is 2. The Morgan fingerprint density at radius 3 is 2.55 bits per heavy atom. The summed E-state index contributed by atoms with van der Waals surface area (Å²) in [6, 6.07) is 7.40. The standard InChI is InChI=1S/C12H10Cl2N2O3S/c1-8-2-3-9(19-8)7-15-16-20(17,18)10-4-5-11(13)12(14)6-10/h2-7,16H,1H3/b15-7+. The van der Waals surface area contributed by atoms with Crippen LogP contribution in [0.25, 0.3) is 0 Å². The van der Waals surface area contributed by atoms with E-state index in [0.717, 1.165) is 0 Å². The van der Waals surface area contributed by atoms with Crippen molar-refractivity contribution in [3.05, 3.63) is 51.9 Å². The molecule has 0 aliphatic rings. The third-order valence-electron chi connectivity index (χ3n) is 2.33. The van der Waals surface area contributed by atoms with Crippen molar-refractivity contribution in [1.82, 2.24) is 4.83 Å². The Kier molecular flexibility index (Phi) is 4.37. The van der Waals surface area contributed by atoms with Gasteiger partial charge in [0.1, 0.15) is 11.5 Å². The first-order valence-corrected chi connectivity index (χ1v) is 7.69. The number of furan rings is 1. The minimum Gasteiger partial charge on any atom is -0.460 e. The Balaban J connectivity index is 2.15. The second kappa shape index (κ2) is 5.87. The highest BCUT2D eigenvalue weighted by atomic mass is 35.5. The molecule has 1 N–H and O–H groups in total. The molecule has 5 nitrogen and oxygen atoms in total. The van der Waals surface area contributed by atoms with E-state index in [4.69, 9.17) is 27.6 Å². The molecule has 0 amide bonds. The van der Waals surface area contributed by atoms with Crippen LogP contribution in [0.2, 0.25) is 10.0 Å². The molecule has 0 bridgehead atoms. The highest BCUT2D eigenvalue weighted by Gasteiger charge is 2.14. The maximum Gasteiger partial charge on any atom is 0.276 e. The van der Waals surface area contributed by atoms with Crippen molar-refractivity contribution in [2.75, 3.05) is 0 Å². The van der Waals surface area contributed by atoms with E-state index < -0.39 is 10.0 Å². The molecule has 0 fully saturated rings. The fourth-order valence-corrected chi connectivity index (χ4v) is 2.56. The van der Waals surface area contributed by atoms with Crippen LogP contribution in [-0.4, -0.2) is 14.6 Å². The van der Waals surface area contributed by atoms with E-state index >= 15 is 0 Å². The molecule has 106 valence electrons. The summed E-state index contributed by atoms with van der Waals surface area (Å²) in [5.41, 5.74) is 0. The van der Waals surface area contributed by atoms with Crippen molar-refractivity contribution in [1.29, 1.82) is 0 Å². The van der Waals surface area contributed by atoms with E-state index in [-0.39, 0.29) is 14.9 Å². The molecular weight excluding hydrogens is 323 g/mol. The van der Waals surface area contributed by atoms with Gasteiger partial charge in [-0.25, -0.2) is 0 Å². The molecule has 20 heavy (non-hydrogen) atoms. The number of rotatable bonds is 4. The molecule has 0 radical (unpaired) electrons. The van der Waals surface area contributed by atoms with Gasteiger partial charge in [-0.1, -0.05) is 23.2 Å². The monoisotopic (exact) mass is 332 g/mol. The van der Waals surface area contributed by atoms with Crippen molar-refractivity contribution in [2.24, 2.45) is 5.10 Å². The zero-order valence-corrected chi connectivity index (χ0v) is 12.6. The van der Waals surface area contributed by atoms with Crippen LogP contribution in [0.5, 0.6) is 0 Å². The number of benzene rings is 1. The molecule has 0 atom stereocenters. The second-order valence-electron chi connectivity index (χ2n) is 3.88. The lowest BCUT2D eigenvalue weighted by Crippen LogP contribution is -2.18. The number of sulfonamides is 1. The van der Waals surface area contributed by atoms with Gasteiger partial charge in [0.05, 0.1) is 21.2 Å². The quantitative estimate of drug-likeness (QED) is 0.690. The van der Waals surface area contributed by atoms with E-state index in [2.05, 4.69) is 9.93 Å². The lowest BCUT2D eigenvalue weighted by molar-refractivity contribution is 0.527. The van der Waals surface area contributed by atoms with E-state index in [1.807, 2.05) is 0 Å². The average molecular weight is 333 g/mol. The molecule has 0 aliphatic carbocycles. The normalized spacial score (nSPS) is 11.9. The summed E-state index contributed by atoms with van der Waals surface area (Å²) < 4.78 is 29.1. The van der Waals surface area contributed by atoms with Crippen LogP contribution in [0.4, 0.5) is 0 Å². The summed E-state index contributed by atoms with van der Waals surface area (Å²) in [4.78, 5) is 2.03. The molecular formula is C12H10Cl2N2O3S. The Morgan fingerprint density at radius 2 is 1.95 bits per heavy atom. The van der Waals surface area contributed by atoms with Gasteiger partial charge in [-0.05, 0) is 37.3 Å². The number of aryl methyl sites for hydroxylation is 1. The zero-order chi connectivity index (χ0) is 14.8. The summed E-state index contributed by atoms with van der Waals surface area (Å²) in [6.45, 7) is 1.78. The van der Waals surface area contributed by atoms with Crippen LogP contribution in [0.1, 0.15) is 11.5 Å². The molecule has 1 heterocycles. The predicted octanol–water partition coefficient (Wildman–Crippen LogP) is 3.21. The molecule has 0 saturated carbocycles. The molecule has 2 aromatic rings. The molecule has 1 aromatic heterocycles. The first kappa shape index (κ1) is 14.9. The minimum absolute atomic E-state index is 0.0281. The van der Waals surface area contributed by atoms with Gasteiger partial charge in [0.15, 0.2) is 0 Å². The van der Waals surface area contributed by atoms with Crippen LogP contribution in [0.3, 0.4) is 0 Å². The lowest BCUT2D eigenvalue weighted by Gasteiger charge is -2.04. The van der Waals surface area contributed by atoms with E-state index in [0.29, 0.717) is 11.5 Å². The second-order valence-corrected chi connectivity index (χ2v) is 6.35. The van der Waals surface area contributed by atoms with Gasteiger partial charge in [0, 0.05) is 0 Å². The molecule has 0 spiro atoms. The molecule has 2 rings (SSSR count). The van der Waals surface area contributed by atoms with Gasteiger partial charge in [0.25, 0.3) is 10.0 Å². The smallest absolute Gasteiger partial charge is 0.276 e. The highest BCUT2D eigenvalue weighted by Crippen LogP contribution is 2.24. The SMILES string of the molecule is Cc1ccc(/C=N/NS(=O)(=O)c2ccc(Cl)c(Cl)c2)o1. The Hall–Kier alpha value is -1.50. The third kappa shape index (κ3) is 3.53. The van der Waals surface area contributed by atoms with Gasteiger partial charge in [0.2, 0.25) is 0 Å². The van der Waals surface area contributed by atoms with Crippen molar-refractivity contribution < 1.29 is 12.8 Å². The number of hydrazone groups is 1. The third-order valence-corrected chi connectivity index (χ3v) is 4.29. The Bertz CT molecular complexity index is 754. The summed E-state index contributed by atoms with van der Waals surface area (Å²) in [5, 5.41) is 4.05. The number of hydrogen-bond donors (Lipinski definition) is 1. The van der Waals surface area contributed by atoms with Gasteiger partial charge < -0.3 is 4.42 Å². The first-order valence-electron chi connectivity index (χ1n) is 5.45. The summed E-state index contributed by atoms with van der Waals surface area (Å²) in [7, 11) is -3.80. The van der Waals surface area contributed by atoms with Crippen LogP contribution in [0.15, 0.2) is 44.7 Å². The van der Waals surface area contributed by atoms with Crippen molar-refractivity contribution in [2.45, 2.75) is 11.8 Å². The summed E-state index contributed by atoms with van der Waals surface area (Å²) in [6.07, 6.45) is 1.27. The predicted molar refractivity (Wildman–Crippen MR) is 77.8 cm³/mol. The fraction of sp³-hybridized carbons (Fsp3) is 0.0833. The number of nitrogens with zero attached hydrogens (tertiary/aromatic N) is 1. The maximum atomic E-state index is 11.9. The van der Waals surface area contributed by atoms with E-state index in [1.165, 1.54) is 24.4 Å². The zero-order valence-electron chi connectivity index (χ0n) is 10.3. The molecule has 0 unspecified atom stereocenters. The van der Waals surface area contributed by atoms with Crippen molar-refractivity contribution >= 4 is 39.4 Å². The van der Waals surface area contributed by atoms with Crippen molar-refractivity contribution in [3.8, 4) is 0 Å². The number of nitrogens with one attached hydrogen (secondary N) is 1. The van der Waals surface area contributed by atoms with Crippen LogP contribution < -0.4 is 4.83 Å². The molecule has 1 aromatic carbocycles. The minimum atomic E-state index is -3.80. The average Bonchev–Trinajstić information content (AvgIpc) is 2.78. The summed E-state index contributed by atoms with van der Waals surface area (Å²) in [5.74, 6) is 1.15. The fourth-order valence-electron chi connectivity index (χ4n) is 1.38. The van der Waals surface area contributed by atoms with Gasteiger partial charge in [-0.15, -0.1) is 0 Å². The topological polar surface area (TPSA) is 71.7 Å². The highest BCUT2D eigenvalue weighted by molar-refractivity contribution is 7.89. The molecule has 0 aliphatic heterocycles. The van der Waals surface area contributed by atoms with Crippen molar-refractivity contribution in [3.63, 3.8) is 0 Å². The van der Waals surface area contributed by atoms with Gasteiger partial charge >= 0.3 is 0 Å². The maximum absolute atomic E-state index is 11.9. The van der Waals surface area contributed by atoms with E-state index in [9.17, 15) is 8.42 Å². The Labute approximate surface area is 126 Å². The lowest BCUT2D eigenvalue weighted by atomic mass is 10.4. The van der Waals surface area contributed by atoms with Gasteiger partial charge in [-0.2, -0.15) is 18.4 Å². The number of hydrogen-bond acceptors (Lipinski definition) is 4. The van der Waals surface area contributed by atoms with Crippen LogP contribution >= 0.6 is 23.2 Å². The Morgan fingerprint density at radius 1 is 1.20 bits per heavy atom. The van der Waals surface area contributed by atoms with Crippen LogP contribution in [-0.2, 0) is 10.0 Å².